The highest BCUT2D eigenvalue weighted by atomic mass is 32.2. The molecule has 2 heterocycles. The highest BCUT2D eigenvalue weighted by molar-refractivity contribution is 7.98. The van der Waals surface area contributed by atoms with Gasteiger partial charge in [0.1, 0.15) is 0 Å². The van der Waals surface area contributed by atoms with E-state index >= 15 is 0 Å². The molecule has 1 atom stereocenters. The number of thioether (sulfide) groups is 1. The molecule has 5 rings (SSSR count). The number of carbonyl (C=O) groups is 1. The first kappa shape index (κ1) is 27.5. The standard InChI is InChI=1S/C31H28N2O5S2/c1-5-38-30(35)25-26(19-10-7-6-8-11-19)32-31-33(27(25)20-14-16-22(39-4)17-15-20)29(34)24(40-31)18-21-12-9-13-23(36-2)28(21)37-3/h6-18,27H,5H2,1-4H3/b24-18-/t27-/m1/s1. The van der Waals surface area contributed by atoms with E-state index in [9.17, 15) is 9.59 Å². The van der Waals surface area contributed by atoms with Crippen molar-refractivity contribution in [3.05, 3.63) is 115 Å². The number of methoxy groups -OCH3 is 2. The van der Waals surface area contributed by atoms with Crippen LogP contribution in [-0.4, -0.2) is 37.6 Å². The van der Waals surface area contributed by atoms with Crippen LogP contribution in [0.3, 0.4) is 0 Å². The summed E-state index contributed by atoms with van der Waals surface area (Å²) < 4.78 is 18.6. The largest absolute Gasteiger partial charge is 0.493 e. The van der Waals surface area contributed by atoms with Crippen LogP contribution >= 0.6 is 23.1 Å². The second-order valence-corrected chi connectivity index (χ2v) is 10.7. The van der Waals surface area contributed by atoms with Crippen molar-refractivity contribution in [3.8, 4) is 11.5 Å². The van der Waals surface area contributed by atoms with Crippen LogP contribution in [0.1, 0.15) is 29.7 Å². The molecule has 0 bridgehead atoms. The summed E-state index contributed by atoms with van der Waals surface area (Å²) in [6.07, 6.45) is 3.78. The highest BCUT2D eigenvalue weighted by Gasteiger charge is 2.35. The fourth-order valence-corrected chi connectivity index (χ4v) is 6.11. The van der Waals surface area contributed by atoms with Crippen molar-refractivity contribution < 1.29 is 19.0 Å². The van der Waals surface area contributed by atoms with Crippen molar-refractivity contribution in [2.45, 2.75) is 17.9 Å². The van der Waals surface area contributed by atoms with Crippen molar-refractivity contribution in [1.82, 2.24) is 4.57 Å². The van der Waals surface area contributed by atoms with E-state index in [0.717, 1.165) is 16.0 Å². The van der Waals surface area contributed by atoms with Crippen LogP contribution in [0.5, 0.6) is 11.5 Å². The number of nitrogens with zero attached hydrogens (tertiary/aromatic N) is 2. The zero-order valence-electron chi connectivity index (χ0n) is 22.5. The van der Waals surface area contributed by atoms with E-state index in [1.165, 1.54) is 11.3 Å². The fourth-order valence-electron chi connectivity index (χ4n) is 4.71. The number of para-hydroxylation sites is 1. The van der Waals surface area contributed by atoms with E-state index in [1.54, 1.807) is 49.6 Å². The van der Waals surface area contributed by atoms with Crippen molar-refractivity contribution in [3.63, 3.8) is 0 Å². The third-order valence-electron chi connectivity index (χ3n) is 6.53. The maximum Gasteiger partial charge on any atom is 0.338 e. The second-order valence-electron chi connectivity index (χ2n) is 8.79. The predicted octanol–water partition coefficient (Wildman–Crippen LogP) is 4.67. The Morgan fingerprint density at radius 3 is 2.42 bits per heavy atom. The molecule has 0 N–H and O–H groups in total. The minimum Gasteiger partial charge on any atom is -0.493 e. The average Bonchev–Trinajstić information content (AvgIpc) is 3.30. The molecular formula is C31H28N2O5S2. The number of aromatic nitrogens is 1. The van der Waals surface area contributed by atoms with Crippen LogP contribution in [0.25, 0.3) is 11.8 Å². The predicted molar refractivity (Wildman–Crippen MR) is 159 cm³/mol. The molecule has 1 aliphatic heterocycles. The number of ether oxygens (including phenoxy) is 3. The smallest absolute Gasteiger partial charge is 0.338 e. The minimum atomic E-state index is -0.726. The maximum absolute atomic E-state index is 14.1. The Balaban J connectivity index is 1.82. The molecule has 0 saturated heterocycles. The lowest BCUT2D eigenvalue weighted by molar-refractivity contribution is -0.138. The molecule has 1 aliphatic rings. The first-order valence-corrected chi connectivity index (χ1v) is 14.7. The Morgan fingerprint density at radius 2 is 1.77 bits per heavy atom. The normalized spacial score (nSPS) is 14.9. The van der Waals surface area contributed by atoms with Gasteiger partial charge in [-0.15, -0.1) is 11.8 Å². The first-order valence-electron chi connectivity index (χ1n) is 12.6. The van der Waals surface area contributed by atoms with E-state index in [4.69, 9.17) is 19.2 Å². The molecule has 0 aliphatic carbocycles. The van der Waals surface area contributed by atoms with Gasteiger partial charge in [-0.2, -0.15) is 0 Å². The van der Waals surface area contributed by atoms with Gasteiger partial charge >= 0.3 is 5.97 Å². The third kappa shape index (κ3) is 5.10. The number of esters is 1. The van der Waals surface area contributed by atoms with Gasteiger partial charge in [-0.05, 0) is 43.0 Å². The molecule has 0 saturated carbocycles. The summed E-state index contributed by atoms with van der Waals surface area (Å²) in [7, 11) is 3.13. The van der Waals surface area contributed by atoms with Crippen LogP contribution < -0.4 is 24.4 Å². The molecule has 3 aromatic carbocycles. The monoisotopic (exact) mass is 572 g/mol. The molecule has 0 spiro atoms. The Hall–Kier alpha value is -4.08. The fraction of sp³-hybridized carbons (Fsp3) is 0.194. The summed E-state index contributed by atoms with van der Waals surface area (Å²) in [4.78, 5) is 34.1. The number of carbonyl (C=O) groups excluding carboxylic acids is 1. The zero-order chi connectivity index (χ0) is 28.2. The SMILES string of the molecule is CCOC(=O)C1=C(c2ccccc2)N=c2s/c(=C\c3cccc(OC)c3OC)c(=O)n2[C@@H]1c1ccc(SC)cc1. The van der Waals surface area contributed by atoms with E-state index < -0.39 is 12.0 Å². The van der Waals surface area contributed by atoms with Crippen LogP contribution in [0.2, 0.25) is 0 Å². The van der Waals surface area contributed by atoms with Crippen molar-refractivity contribution in [2.75, 3.05) is 27.1 Å². The van der Waals surface area contributed by atoms with Gasteiger partial charge < -0.3 is 14.2 Å². The summed E-state index contributed by atoms with van der Waals surface area (Å²) in [6.45, 7) is 1.96. The number of benzene rings is 3. The minimum absolute atomic E-state index is 0.197. The average molecular weight is 573 g/mol. The Bertz CT molecular complexity index is 1760. The first-order chi connectivity index (χ1) is 19.5. The van der Waals surface area contributed by atoms with Crippen LogP contribution in [0.15, 0.2) is 93.1 Å². The molecule has 7 nitrogen and oxygen atoms in total. The molecule has 40 heavy (non-hydrogen) atoms. The van der Waals surface area contributed by atoms with Gasteiger partial charge in [0.05, 0.1) is 42.7 Å². The summed E-state index contributed by atoms with van der Waals surface area (Å²) in [5, 5.41) is 0. The number of fused-ring (bicyclic) bond motifs is 1. The molecule has 9 heteroatoms. The molecule has 0 unspecified atom stereocenters. The Kier molecular flexibility index (Phi) is 8.23. The summed E-state index contributed by atoms with van der Waals surface area (Å²) in [5.74, 6) is 0.580. The van der Waals surface area contributed by atoms with E-state index in [1.807, 2.05) is 73.0 Å². The summed E-state index contributed by atoms with van der Waals surface area (Å²) >= 11 is 2.88. The highest BCUT2D eigenvalue weighted by Crippen LogP contribution is 2.36. The van der Waals surface area contributed by atoms with Crippen molar-refractivity contribution in [1.29, 1.82) is 0 Å². The van der Waals surface area contributed by atoms with E-state index in [0.29, 0.717) is 37.7 Å². The maximum atomic E-state index is 14.1. The van der Waals surface area contributed by atoms with Gasteiger partial charge in [0.2, 0.25) is 0 Å². The quantitative estimate of drug-likeness (QED) is 0.226. The molecular weight excluding hydrogens is 544 g/mol. The topological polar surface area (TPSA) is 79.1 Å². The second kappa shape index (κ2) is 12.0. The van der Waals surface area contributed by atoms with Gasteiger partial charge in [0, 0.05) is 16.0 Å². The van der Waals surface area contributed by atoms with Gasteiger partial charge in [-0.1, -0.05) is 65.9 Å². The van der Waals surface area contributed by atoms with Crippen molar-refractivity contribution in [2.24, 2.45) is 4.99 Å². The number of thiazole rings is 1. The molecule has 204 valence electrons. The van der Waals surface area contributed by atoms with Gasteiger partial charge in [0.25, 0.3) is 5.56 Å². The van der Waals surface area contributed by atoms with Gasteiger partial charge in [-0.3, -0.25) is 9.36 Å². The van der Waals surface area contributed by atoms with Crippen molar-refractivity contribution >= 4 is 40.8 Å². The summed E-state index contributed by atoms with van der Waals surface area (Å²) in [6, 6.07) is 22.2. The van der Waals surface area contributed by atoms with Crippen LogP contribution in [-0.2, 0) is 9.53 Å². The lowest BCUT2D eigenvalue weighted by Gasteiger charge is -2.26. The van der Waals surface area contributed by atoms with Crippen LogP contribution in [0, 0.1) is 0 Å². The van der Waals surface area contributed by atoms with E-state index in [2.05, 4.69) is 0 Å². The summed E-state index contributed by atoms with van der Waals surface area (Å²) in [5.41, 5.74) is 2.80. The molecule has 0 fully saturated rings. The molecule has 0 radical (unpaired) electrons. The number of hydrogen-bond donors (Lipinski definition) is 0. The van der Waals surface area contributed by atoms with Crippen LogP contribution in [0.4, 0.5) is 0 Å². The number of hydrogen-bond acceptors (Lipinski definition) is 8. The lowest BCUT2D eigenvalue weighted by Crippen LogP contribution is -2.40. The molecule has 0 amide bonds. The molecule has 1 aromatic heterocycles. The van der Waals surface area contributed by atoms with Gasteiger partial charge in [0.15, 0.2) is 16.3 Å². The third-order valence-corrected chi connectivity index (χ3v) is 8.25. The zero-order valence-corrected chi connectivity index (χ0v) is 24.2. The number of rotatable bonds is 8. The molecule has 4 aromatic rings. The van der Waals surface area contributed by atoms with Gasteiger partial charge in [-0.25, -0.2) is 9.79 Å². The lowest BCUT2D eigenvalue weighted by atomic mass is 9.93. The van der Waals surface area contributed by atoms with E-state index in [-0.39, 0.29) is 12.2 Å². The Morgan fingerprint density at radius 1 is 1.02 bits per heavy atom. The Labute approximate surface area is 240 Å².